The summed E-state index contributed by atoms with van der Waals surface area (Å²) in [6.45, 7) is 3.01. The standard InChI is InChI=1S/C15H21N3O2/c1-17-8-6-15(7-9-17)11-18(14(19)20-15)13-5-3-2-4-12(13)10-16/h2-5H,6-11,16H2,1H3. The maximum absolute atomic E-state index is 12.2. The van der Waals surface area contributed by atoms with Crippen LogP contribution in [0.15, 0.2) is 24.3 Å². The monoisotopic (exact) mass is 275 g/mol. The summed E-state index contributed by atoms with van der Waals surface area (Å²) in [5.74, 6) is 0. The number of hydrogen-bond donors (Lipinski definition) is 1. The lowest BCUT2D eigenvalue weighted by Gasteiger charge is -2.35. The van der Waals surface area contributed by atoms with Crippen molar-refractivity contribution in [3.8, 4) is 0 Å². The average molecular weight is 275 g/mol. The summed E-state index contributed by atoms with van der Waals surface area (Å²) in [7, 11) is 2.10. The predicted octanol–water partition coefficient (Wildman–Crippen LogP) is 1.57. The van der Waals surface area contributed by atoms with Gasteiger partial charge in [0.2, 0.25) is 0 Å². The Hall–Kier alpha value is -1.59. The smallest absolute Gasteiger partial charge is 0.415 e. The first-order valence-corrected chi connectivity index (χ1v) is 7.11. The van der Waals surface area contributed by atoms with Gasteiger partial charge in [-0.2, -0.15) is 0 Å². The van der Waals surface area contributed by atoms with Gasteiger partial charge in [-0.25, -0.2) is 4.79 Å². The van der Waals surface area contributed by atoms with E-state index in [2.05, 4.69) is 11.9 Å². The number of carbonyl (C=O) groups excluding carboxylic acids is 1. The Bertz CT molecular complexity index is 510. The molecule has 2 fully saturated rings. The molecule has 0 saturated carbocycles. The Balaban J connectivity index is 1.84. The number of rotatable bonds is 2. The zero-order valence-electron chi connectivity index (χ0n) is 11.8. The molecule has 108 valence electrons. The first-order valence-electron chi connectivity index (χ1n) is 7.11. The molecule has 2 heterocycles. The van der Waals surface area contributed by atoms with Gasteiger partial charge in [0.1, 0.15) is 5.60 Å². The summed E-state index contributed by atoms with van der Waals surface area (Å²) in [5.41, 5.74) is 7.32. The van der Waals surface area contributed by atoms with Crippen LogP contribution in [-0.2, 0) is 11.3 Å². The zero-order valence-corrected chi connectivity index (χ0v) is 11.8. The van der Waals surface area contributed by atoms with E-state index in [-0.39, 0.29) is 11.7 Å². The van der Waals surface area contributed by atoms with Crippen LogP contribution >= 0.6 is 0 Å². The molecule has 1 aromatic rings. The topological polar surface area (TPSA) is 58.8 Å². The number of amides is 1. The van der Waals surface area contributed by atoms with E-state index >= 15 is 0 Å². The van der Waals surface area contributed by atoms with Crippen LogP contribution in [0.25, 0.3) is 0 Å². The van der Waals surface area contributed by atoms with Crippen molar-refractivity contribution in [2.45, 2.75) is 25.0 Å². The minimum atomic E-state index is -0.314. The Morgan fingerprint density at radius 3 is 2.70 bits per heavy atom. The summed E-state index contributed by atoms with van der Waals surface area (Å²) in [5, 5.41) is 0. The van der Waals surface area contributed by atoms with Gasteiger partial charge in [0.15, 0.2) is 0 Å². The third-order valence-corrected chi connectivity index (χ3v) is 4.37. The van der Waals surface area contributed by atoms with Crippen LogP contribution in [-0.4, -0.2) is 43.3 Å². The average Bonchev–Trinajstić information content (AvgIpc) is 2.79. The van der Waals surface area contributed by atoms with Gasteiger partial charge in [0, 0.05) is 32.5 Å². The highest BCUT2D eigenvalue weighted by Crippen LogP contribution is 2.36. The Morgan fingerprint density at radius 1 is 1.30 bits per heavy atom. The molecule has 5 heteroatoms. The summed E-state index contributed by atoms with van der Waals surface area (Å²) in [6.07, 6.45) is 1.56. The van der Waals surface area contributed by atoms with Gasteiger partial charge in [-0.1, -0.05) is 18.2 Å². The highest BCUT2D eigenvalue weighted by Gasteiger charge is 2.47. The van der Waals surface area contributed by atoms with E-state index in [9.17, 15) is 4.79 Å². The molecule has 0 aliphatic carbocycles. The normalized spacial score (nSPS) is 22.3. The molecule has 5 nitrogen and oxygen atoms in total. The van der Waals surface area contributed by atoms with Crippen molar-refractivity contribution in [3.05, 3.63) is 29.8 Å². The molecule has 1 amide bonds. The minimum absolute atomic E-state index is 0.240. The molecule has 2 saturated heterocycles. The third kappa shape index (κ3) is 2.27. The molecule has 0 aromatic heterocycles. The largest absolute Gasteiger partial charge is 0.441 e. The van der Waals surface area contributed by atoms with Crippen LogP contribution in [0, 0.1) is 0 Å². The molecule has 0 atom stereocenters. The van der Waals surface area contributed by atoms with Crippen LogP contribution < -0.4 is 10.6 Å². The number of para-hydroxylation sites is 1. The fraction of sp³-hybridized carbons (Fsp3) is 0.533. The number of likely N-dealkylation sites (tertiary alicyclic amines) is 1. The maximum Gasteiger partial charge on any atom is 0.415 e. The van der Waals surface area contributed by atoms with Gasteiger partial charge in [-0.15, -0.1) is 0 Å². The lowest BCUT2D eigenvalue weighted by molar-refractivity contribution is 0.00678. The zero-order chi connectivity index (χ0) is 14.2. The van der Waals surface area contributed by atoms with E-state index in [0.717, 1.165) is 37.2 Å². The predicted molar refractivity (Wildman–Crippen MR) is 77.6 cm³/mol. The molecule has 2 aliphatic rings. The first kappa shape index (κ1) is 13.4. The van der Waals surface area contributed by atoms with E-state index in [1.165, 1.54) is 0 Å². The Morgan fingerprint density at radius 2 is 2.00 bits per heavy atom. The molecule has 3 rings (SSSR count). The summed E-state index contributed by atoms with van der Waals surface area (Å²) >= 11 is 0. The lowest BCUT2D eigenvalue weighted by atomic mass is 9.91. The first-order chi connectivity index (χ1) is 9.63. The van der Waals surface area contributed by atoms with Gasteiger partial charge in [-0.3, -0.25) is 4.90 Å². The number of hydrogen-bond acceptors (Lipinski definition) is 4. The fourth-order valence-corrected chi connectivity index (χ4v) is 3.04. The maximum atomic E-state index is 12.2. The van der Waals surface area contributed by atoms with Crippen molar-refractivity contribution in [1.29, 1.82) is 0 Å². The van der Waals surface area contributed by atoms with Crippen LogP contribution in [0.5, 0.6) is 0 Å². The molecule has 1 aromatic carbocycles. The van der Waals surface area contributed by atoms with Crippen LogP contribution in [0.4, 0.5) is 10.5 Å². The van der Waals surface area contributed by atoms with E-state index < -0.39 is 0 Å². The second-order valence-corrected chi connectivity index (χ2v) is 5.77. The van der Waals surface area contributed by atoms with Crippen molar-refractivity contribution in [2.24, 2.45) is 5.73 Å². The van der Waals surface area contributed by atoms with Crippen molar-refractivity contribution in [3.63, 3.8) is 0 Å². The highest BCUT2D eigenvalue weighted by molar-refractivity contribution is 5.91. The molecule has 2 N–H and O–H groups in total. The summed E-state index contributed by atoms with van der Waals surface area (Å²) < 4.78 is 5.72. The highest BCUT2D eigenvalue weighted by atomic mass is 16.6. The van der Waals surface area contributed by atoms with Crippen molar-refractivity contribution < 1.29 is 9.53 Å². The van der Waals surface area contributed by atoms with Crippen molar-refractivity contribution >= 4 is 11.8 Å². The number of carbonyl (C=O) groups is 1. The molecule has 2 aliphatic heterocycles. The van der Waals surface area contributed by atoms with Crippen LogP contribution in [0.3, 0.4) is 0 Å². The van der Waals surface area contributed by atoms with Gasteiger partial charge in [-0.05, 0) is 18.7 Å². The number of anilines is 1. The van der Waals surface area contributed by atoms with Crippen LogP contribution in [0.2, 0.25) is 0 Å². The molecule has 0 bridgehead atoms. The number of piperidine rings is 1. The third-order valence-electron chi connectivity index (χ3n) is 4.37. The minimum Gasteiger partial charge on any atom is -0.441 e. The number of nitrogens with two attached hydrogens (primary N) is 1. The fourth-order valence-electron chi connectivity index (χ4n) is 3.04. The van der Waals surface area contributed by atoms with E-state index in [4.69, 9.17) is 10.5 Å². The van der Waals surface area contributed by atoms with Crippen LogP contribution in [0.1, 0.15) is 18.4 Å². The number of ether oxygens (including phenoxy) is 1. The Kier molecular flexibility index (Phi) is 3.40. The van der Waals surface area contributed by atoms with E-state index in [1.54, 1.807) is 4.90 Å². The number of benzene rings is 1. The molecular formula is C15H21N3O2. The summed E-state index contributed by atoms with van der Waals surface area (Å²) in [4.78, 5) is 16.3. The van der Waals surface area contributed by atoms with E-state index in [0.29, 0.717) is 13.1 Å². The summed E-state index contributed by atoms with van der Waals surface area (Å²) in [6, 6.07) is 7.78. The van der Waals surface area contributed by atoms with Gasteiger partial charge >= 0.3 is 6.09 Å². The van der Waals surface area contributed by atoms with Crippen molar-refractivity contribution in [2.75, 3.05) is 31.6 Å². The van der Waals surface area contributed by atoms with E-state index in [1.807, 2.05) is 24.3 Å². The molecule has 1 spiro atoms. The molecule has 0 radical (unpaired) electrons. The Labute approximate surface area is 119 Å². The van der Waals surface area contributed by atoms with Crippen molar-refractivity contribution in [1.82, 2.24) is 4.90 Å². The SMILES string of the molecule is CN1CCC2(CC1)CN(c1ccccc1CN)C(=O)O2. The van der Waals surface area contributed by atoms with Gasteiger partial charge in [0.05, 0.1) is 12.2 Å². The molecular weight excluding hydrogens is 254 g/mol. The second kappa shape index (κ2) is 5.07. The second-order valence-electron chi connectivity index (χ2n) is 5.77. The quantitative estimate of drug-likeness (QED) is 0.890. The number of nitrogens with zero attached hydrogens (tertiary/aromatic N) is 2. The molecule has 20 heavy (non-hydrogen) atoms. The molecule has 0 unspecified atom stereocenters. The lowest BCUT2D eigenvalue weighted by Crippen LogP contribution is -2.45. The van der Waals surface area contributed by atoms with Gasteiger partial charge < -0.3 is 15.4 Å². The van der Waals surface area contributed by atoms with Gasteiger partial charge in [0.25, 0.3) is 0 Å².